The van der Waals surface area contributed by atoms with Gasteiger partial charge in [-0.15, -0.1) is 6.42 Å². The second-order valence-electron chi connectivity index (χ2n) is 5.83. The minimum absolute atomic E-state index is 0.103. The average molecular weight is 350 g/mol. The zero-order chi connectivity index (χ0) is 18.5. The number of anilines is 1. The van der Waals surface area contributed by atoms with Crippen LogP contribution in [0.2, 0.25) is 0 Å². The Labute approximate surface area is 151 Å². The van der Waals surface area contributed by atoms with Crippen LogP contribution in [-0.2, 0) is 9.59 Å². The molecule has 0 aliphatic carbocycles. The molecule has 26 heavy (non-hydrogen) atoms. The quantitative estimate of drug-likeness (QED) is 0.856. The van der Waals surface area contributed by atoms with Gasteiger partial charge in [0.2, 0.25) is 12.0 Å². The molecule has 0 fully saturated rings. The van der Waals surface area contributed by atoms with E-state index in [0.29, 0.717) is 22.7 Å². The molecular formula is C20H18N2O4. The molecule has 1 aliphatic heterocycles. The number of carbonyl (C=O) groups is 2. The summed E-state index contributed by atoms with van der Waals surface area (Å²) in [4.78, 5) is 26.0. The lowest BCUT2D eigenvalue weighted by Crippen LogP contribution is -2.47. The molecule has 1 N–H and O–H groups in total. The highest BCUT2D eigenvalue weighted by molar-refractivity contribution is 5.95. The largest absolute Gasteiger partial charge is 0.485 e. The SMILES string of the molecule is C#Cc1cccc(NC(=O)CN(C)C(=O)C2COc3ccccc3O2)c1. The van der Waals surface area contributed by atoms with Gasteiger partial charge in [-0.3, -0.25) is 9.59 Å². The lowest BCUT2D eigenvalue weighted by atomic mass is 10.2. The highest BCUT2D eigenvalue weighted by Gasteiger charge is 2.30. The molecule has 6 nitrogen and oxygen atoms in total. The fourth-order valence-electron chi connectivity index (χ4n) is 2.57. The second-order valence-corrected chi connectivity index (χ2v) is 5.83. The molecular weight excluding hydrogens is 332 g/mol. The topological polar surface area (TPSA) is 67.9 Å². The summed E-state index contributed by atoms with van der Waals surface area (Å²) in [5, 5.41) is 2.72. The Morgan fingerprint density at radius 3 is 2.77 bits per heavy atom. The molecule has 0 radical (unpaired) electrons. The predicted molar refractivity (Wildman–Crippen MR) is 97.0 cm³/mol. The van der Waals surface area contributed by atoms with Crippen LogP contribution < -0.4 is 14.8 Å². The molecule has 2 aromatic rings. The molecule has 6 heteroatoms. The minimum Gasteiger partial charge on any atom is -0.485 e. The molecule has 0 bridgehead atoms. The zero-order valence-corrected chi connectivity index (χ0v) is 14.3. The van der Waals surface area contributed by atoms with Crippen LogP contribution in [0.5, 0.6) is 11.5 Å². The normalized spacial score (nSPS) is 14.8. The Morgan fingerprint density at radius 2 is 2.00 bits per heavy atom. The molecule has 0 aromatic heterocycles. The summed E-state index contributed by atoms with van der Waals surface area (Å²) in [5.41, 5.74) is 1.25. The molecule has 132 valence electrons. The molecule has 1 heterocycles. The van der Waals surface area contributed by atoms with Crippen LogP contribution in [0.4, 0.5) is 5.69 Å². The van der Waals surface area contributed by atoms with E-state index in [1.165, 1.54) is 4.90 Å². The van der Waals surface area contributed by atoms with Crippen molar-refractivity contribution >= 4 is 17.5 Å². The van der Waals surface area contributed by atoms with Gasteiger partial charge < -0.3 is 19.7 Å². The third-order valence-corrected chi connectivity index (χ3v) is 3.85. The molecule has 3 rings (SSSR count). The fourth-order valence-corrected chi connectivity index (χ4v) is 2.57. The third kappa shape index (κ3) is 3.95. The standard InChI is InChI=1S/C20H18N2O4/c1-3-14-7-6-8-15(11-14)21-19(23)12-22(2)20(24)18-13-25-16-9-4-5-10-17(16)26-18/h1,4-11,18H,12-13H2,2H3,(H,21,23). The van der Waals surface area contributed by atoms with E-state index in [0.717, 1.165) is 0 Å². The number of benzene rings is 2. The fraction of sp³-hybridized carbons (Fsp3) is 0.200. The molecule has 1 aliphatic rings. The maximum absolute atomic E-state index is 12.5. The predicted octanol–water partition coefficient (Wildman–Crippen LogP) is 1.90. The van der Waals surface area contributed by atoms with Crippen molar-refractivity contribution < 1.29 is 19.1 Å². The number of rotatable bonds is 4. The Hall–Kier alpha value is -3.46. The van der Waals surface area contributed by atoms with Gasteiger partial charge in [0, 0.05) is 18.3 Å². The summed E-state index contributed by atoms with van der Waals surface area (Å²) in [6, 6.07) is 14.1. The highest BCUT2D eigenvalue weighted by Crippen LogP contribution is 2.31. The number of hydrogen-bond acceptors (Lipinski definition) is 4. The first-order valence-electron chi connectivity index (χ1n) is 8.07. The summed E-state index contributed by atoms with van der Waals surface area (Å²) in [6.07, 6.45) is 4.56. The van der Waals surface area contributed by atoms with E-state index in [1.54, 1.807) is 49.5 Å². The Kier molecular flexibility index (Phi) is 5.09. The van der Waals surface area contributed by atoms with Crippen LogP contribution in [0, 0.1) is 12.3 Å². The Morgan fingerprint density at radius 1 is 1.23 bits per heavy atom. The summed E-state index contributed by atoms with van der Waals surface area (Å²) < 4.78 is 11.2. The van der Waals surface area contributed by atoms with Crippen molar-refractivity contribution in [2.45, 2.75) is 6.10 Å². The van der Waals surface area contributed by atoms with Crippen molar-refractivity contribution in [3.8, 4) is 23.8 Å². The number of carbonyl (C=O) groups excluding carboxylic acids is 2. The van der Waals surface area contributed by atoms with Crippen LogP contribution in [0.15, 0.2) is 48.5 Å². The Balaban J connectivity index is 1.57. The van der Waals surface area contributed by atoms with E-state index in [1.807, 2.05) is 6.07 Å². The summed E-state index contributed by atoms with van der Waals surface area (Å²) in [6.45, 7) is -0.00730. The minimum atomic E-state index is -0.785. The van der Waals surface area contributed by atoms with Crippen molar-refractivity contribution in [1.82, 2.24) is 4.90 Å². The van der Waals surface area contributed by atoms with Gasteiger partial charge in [-0.1, -0.05) is 24.1 Å². The maximum atomic E-state index is 12.5. The van der Waals surface area contributed by atoms with Crippen LogP contribution in [-0.4, -0.2) is 43.0 Å². The van der Waals surface area contributed by atoms with Gasteiger partial charge in [0.25, 0.3) is 5.91 Å². The Bertz CT molecular complexity index is 872. The highest BCUT2D eigenvalue weighted by atomic mass is 16.6. The molecule has 0 saturated heterocycles. The molecule has 2 amide bonds. The van der Waals surface area contributed by atoms with Crippen molar-refractivity contribution in [3.05, 3.63) is 54.1 Å². The van der Waals surface area contributed by atoms with Crippen molar-refractivity contribution in [3.63, 3.8) is 0 Å². The molecule has 0 saturated carbocycles. The van der Waals surface area contributed by atoms with E-state index in [-0.39, 0.29) is 25.0 Å². The van der Waals surface area contributed by atoms with Gasteiger partial charge in [0.05, 0.1) is 6.54 Å². The van der Waals surface area contributed by atoms with E-state index in [9.17, 15) is 9.59 Å². The van der Waals surface area contributed by atoms with Gasteiger partial charge in [-0.25, -0.2) is 0 Å². The zero-order valence-electron chi connectivity index (χ0n) is 14.3. The number of terminal acetylenes is 1. The van der Waals surface area contributed by atoms with Crippen molar-refractivity contribution in [1.29, 1.82) is 0 Å². The first-order valence-corrected chi connectivity index (χ1v) is 8.07. The van der Waals surface area contributed by atoms with Gasteiger partial charge in [-0.05, 0) is 30.3 Å². The number of amides is 2. The number of hydrogen-bond donors (Lipinski definition) is 1. The molecule has 1 atom stereocenters. The number of nitrogens with one attached hydrogen (secondary N) is 1. The van der Waals surface area contributed by atoms with E-state index in [2.05, 4.69) is 11.2 Å². The van der Waals surface area contributed by atoms with Gasteiger partial charge in [0.1, 0.15) is 6.61 Å². The molecule has 1 unspecified atom stereocenters. The van der Waals surface area contributed by atoms with Crippen molar-refractivity contribution in [2.24, 2.45) is 0 Å². The number of nitrogens with zero attached hydrogens (tertiary/aromatic N) is 1. The maximum Gasteiger partial charge on any atom is 0.267 e. The first-order chi connectivity index (χ1) is 12.6. The molecule has 0 spiro atoms. The van der Waals surface area contributed by atoms with E-state index < -0.39 is 6.10 Å². The third-order valence-electron chi connectivity index (χ3n) is 3.85. The van der Waals surface area contributed by atoms with Gasteiger partial charge in [0.15, 0.2) is 11.5 Å². The number of fused-ring (bicyclic) bond motifs is 1. The number of para-hydroxylation sites is 2. The summed E-state index contributed by atoms with van der Waals surface area (Å²) >= 11 is 0. The lowest BCUT2D eigenvalue weighted by molar-refractivity contribution is -0.141. The van der Waals surface area contributed by atoms with Gasteiger partial charge >= 0.3 is 0 Å². The number of likely N-dealkylation sites (N-methyl/N-ethyl adjacent to an activating group) is 1. The number of ether oxygens (including phenoxy) is 2. The monoisotopic (exact) mass is 350 g/mol. The average Bonchev–Trinajstić information content (AvgIpc) is 2.67. The van der Waals surface area contributed by atoms with Crippen LogP contribution in [0.1, 0.15) is 5.56 Å². The van der Waals surface area contributed by atoms with Crippen molar-refractivity contribution in [2.75, 3.05) is 25.5 Å². The van der Waals surface area contributed by atoms with Gasteiger partial charge in [-0.2, -0.15) is 0 Å². The lowest BCUT2D eigenvalue weighted by Gasteiger charge is -2.28. The molecule has 2 aromatic carbocycles. The summed E-state index contributed by atoms with van der Waals surface area (Å²) in [7, 11) is 1.55. The second kappa shape index (κ2) is 7.62. The van der Waals surface area contributed by atoms with E-state index in [4.69, 9.17) is 15.9 Å². The van der Waals surface area contributed by atoms with Crippen LogP contribution in [0.3, 0.4) is 0 Å². The summed E-state index contributed by atoms with van der Waals surface area (Å²) in [5.74, 6) is 2.97. The van der Waals surface area contributed by atoms with E-state index >= 15 is 0 Å². The van der Waals surface area contributed by atoms with Crippen LogP contribution >= 0.6 is 0 Å². The van der Waals surface area contributed by atoms with Crippen LogP contribution in [0.25, 0.3) is 0 Å². The first kappa shape index (κ1) is 17.4. The smallest absolute Gasteiger partial charge is 0.267 e.